The van der Waals surface area contributed by atoms with Crippen LogP contribution in [0.2, 0.25) is 0 Å². The maximum absolute atomic E-state index is 11.9. The van der Waals surface area contributed by atoms with Crippen molar-refractivity contribution in [2.75, 3.05) is 59.6 Å². The second kappa shape index (κ2) is 9.24. The molecule has 1 amide bonds. The first-order valence-corrected chi connectivity index (χ1v) is 10.2. The number of amides is 1. The number of ether oxygens (including phenoxy) is 3. The first kappa shape index (κ1) is 21.1. The van der Waals surface area contributed by atoms with E-state index >= 15 is 0 Å². The number of hydrogen-bond donors (Lipinski definition) is 1. The molecule has 0 radical (unpaired) electrons. The molecule has 2 aliphatic rings. The van der Waals surface area contributed by atoms with Crippen molar-refractivity contribution in [3.8, 4) is 11.5 Å². The van der Waals surface area contributed by atoms with Crippen molar-refractivity contribution < 1.29 is 19.0 Å². The summed E-state index contributed by atoms with van der Waals surface area (Å²) in [5, 5.41) is 3.50. The molecule has 0 bridgehead atoms. The highest BCUT2D eigenvalue weighted by Gasteiger charge is 2.27. The van der Waals surface area contributed by atoms with E-state index in [-0.39, 0.29) is 11.5 Å². The molecule has 0 aliphatic carbocycles. The lowest BCUT2D eigenvalue weighted by Gasteiger charge is -2.37. The number of carbonyl (C=O) groups excluding carboxylic acids is 1. The first-order chi connectivity index (χ1) is 13.9. The van der Waals surface area contributed by atoms with Gasteiger partial charge in [0.1, 0.15) is 13.2 Å². The number of nitrogens with zero attached hydrogens (tertiary/aromatic N) is 3. The van der Waals surface area contributed by atoms with Crippen molar-refractivity contribution in [1.82, 2.24) is 15.1 Å². The lowest BCUT2D eigenvalue weighted by molar-refractivity contribution is 0.0914. The van der Waals surface area contributed by atoms with Crippen LogP contribution in [0.25, 0.3) is 0 Å². The van der Waals surface area contributed by atoms with Gasteiger partial charge in [-0.2, -0.15) is 0 Å². The van der Waals surface area contributed by atoms with E-state index < -0.39 is 0 Å². The minimum absolute atomic E-state index is 0.126. The summed E-state index contributed by atoms with van der Waals surface area (Å²) in [7, 11) is 1.79. The predicted octanol–water partition coefficient (Wildman–Crippen LogP) is 2.08. The second-order valence-electron chi connectivity index (χ2n) is 7.82. The molecule has 1 fully saturated rings. The summed E-state index contributed by atoms with van der Waals surface area (Å²) in [5.41, 5.74) is 1.05. The lowest BCUT2D eigenvalue weighted by atomic mass is 9.84. The molecule has 8 heteroatoms. The van der Waals surface area contributed by atoms with Gasteiger partial charge < -0.3 is 29.3 Å². The molecule has 1 aromatic carbocycles. The number of aliphatic imine (C=N–C) groups is 1. The van der Waals surface area contributed by atoms with Gasteiger partial charge in [-0.15, -0.1) is 0 Å². The SMILES string of the molecule is CCOC(=O)N1CCN(C(=NC)NCC(C)(C)c2ccc3c(c2)OCCO3)CC1. The molecule has 0 unspecified atom stereocenters. The summed E-state index contributed by atoms with van der Waals surface area (Å²) < 4.78 is 16.4. The van der Waals surface area contributed by atoms with Gasteiger partial charge in [0.25, 0.3) is 0 Å². The monoisotopic (exact) mass is 404 g/mol. The van der Waals surface area contributed by atoms with E-state index in [1.54, 1.807) is 11.9 Å². The van der Waals surface area contributed by atoms with E-state index in [1.807, 2.05) is 13.0 Å². The van der Waals surface area contributed by atoms with Crippen LogP contribution in [-0.2, 0) is 10.2 Å². The lowest BCUT2D eigenvalue weighted by Crippen LogP contribution is -2.55. The predicted molar refractivity (Wildman–Crippen MR) is 112 cm³/mol. The number of guanidine groups is 1. The third-order valence-electron chi connectivity index (χ3n) is 5.33. The number of carbonyl (C=O) groups is 1. The van der Waals surface area contributed by atoms with Crippen LogP contribution in [0, 0.1) is 0 Å². The fourth-order valence-corrected chi connectivity index (χ4v) is 3.51. The summed E-state index contributed by atoms with van der Waals surface area (Å²) in [4.78, 5) is 20.2. The molecular formula is C21H32N4O4. The van der Waals surface area contributed by atoms with E-state index in [1.165, 1.54) is 5.56 Å². The quantitative estimate of drug-likeness (QED) is 0.612. The molecule has 2 heterocycles. The summed E-state index contributed by atoms with van der Waals surface area (Å²) in [6.45, 7) is 11.2. The third-order valence-corrected chi connectivity index (χ3v) is 5.33. The van der Waals surface area contributed by atoms with E-state index in [2.05, 4.69) is 41.2 Å². The van der Waals surface area contributed by atoms with E-state index in [4.69, 9.17) is 14.2 Å². The van der Waals surface area contributed by atoms with E-state index in [0.717, 1.165) is 37.1 Å². The van der Waals surface area contributed by atoms with Crippen molar-refractivity contribution in [2.45, 2.75) is 26.2 Å². The fourth-order valence-electron chi connectivity index (χ4n) is 3.51. The molecule has 1 aromatic rings. The minimum atomic E-state index is -0.241. The van der Waals surface area contributed by atoms with Gasteiger partial charge in [-0.25, -0.2) is 4.79 Å². The third kappa shape index (κ3) is 5.05. The Morgan fingerprint density at radius 1 is 1.14 bits per heavy atom. The molecule has 1 saturated heterocycles. The highest BCUT2D eigenvalue weighted by Crippen LogP contribution is 2.34. The number of rotatable bonds is 4. The van der Waals surface area contributed by atoms with Gasteiger partial charge in [0.05, 0.1) is 6.61 Å². The van der Waals surface area contributed by atoms with Gasteiger partial charge in [0.15, 0.2) is 17.5 Å². The van der Waals surface area contributed by atoms with Crippen LogP contribution in [0.4, 0.5) is 4.79 Å². The molecule has 29 heavy (non-hydrogen) atoms. The van der Waals surface area contributed by atoms with Crippen molar-refractivity contribution in [1.29, 1.82) is 0 Å². The molecule has 1 N–H and O–H groups in total. The van der Waals surface area contributed by atoms with Crippen LogP contribution in [0.15, 0.2) is 23.2 Å². The van der Waals surface area contributed by atoms with Crippen LogP contribution >= 0.6 is 0 Å². The van der Waals surface area contributed by atoms with Gasteiger partial charge in [0.2, 0.25) is 0 Å². The molecule has 0 saturated carbocycles. The molecule has 0 atom stereocenters. The van der Waals surface area contributed by atoms with Crippen LogP contribution in [0.1, 0.15) is 26.3 Å². The first-order valence-electron chi connectivity index (χ1n) is 10.2. The maximum Gasteiger partial charge on any atom is 0.409 e. The Balaban J connectivity index is 1.57. The van der Waals surface area contributed by atoms with Crippen molar-refractivity contribution in [2.24, 2.45) is 4.99 Å². The summed E-state index contributed by atoms with van der Waals surface area (Å²) in [6.07, 6.45) is -0.241. The minimum Gasteiger partial charge on any atom is -0.486 e. The van der Waals surface area contributed by atoms with Crippen molar-refractivity contribution in [3.05, 3.63) is 23.8 Å². The number of piperazine rings is 1. The van der Waals surface area contributed by atoms with Crippen LogP contribution in [0.3, 0.4) is 0 Å². The second-order valence-corrected chi connectivity index (χ2v) is 7.82. The Labute approximate surface area is 172 Å². The average Bonchev–Trinajstić information content (AvgIpc) is 2.74. The fraction of sp³-hybridized carbons (Fsp3) is 0.619. The van der Waals surface area contributed by atoms with Crippen LogP contribution < -0.4 is 14.8 Å². The molecular weight excluding hydrogens is 372 g/mol. The Kier molecular flexibility index (Phi) is 6.71. The standard InChI is InChI=1S/C21H32N4O4/c1-5-27-20(26)25-10-8-24(9-11-25)19(22-4)23-15-21(2,3)16-6-7-17-18(14-16)29-13-12-28-17/h6-7,14H,5,8-13,15H2,1-4H3,(H,22,23). The normalized spacial score (nSPS) is 17.2. The van der Waals surface area contributed by atoms with E-state index in [9.17, 15) is 4.79 Å². The number of nitrogens with one attached hydrogen (secondary N) is 1. The van der Waals surface area contributed by atoms with Crippen molar-refractivity contribution in [3.63, 3.8) is 0 Å². The number of fused-ring (bicyclic) bond motifs is 1. The number of benzene rings is 1. The highest BCUT2D eigenvalue weighted by atomic mass is 16.6. The van der Waals surface area contributed by atoms with Gasteiger partial charge in [-0.1, -0.05) is 19.9 Å². The zero-order valence-corrected chi connectivity index (χ0v) is 17.9. The summed E-state index contributed by atoms with van der Waals surface area (Å²) in [5.74, 6) is 2.46. The average molecular weight is 405 g/mol. The molecule has 160 valence electrons. The molecule has 3 rings (SSSR count). The molecule has 8 nitrogen and oxygen atoms in total. The zero-order chi connectivity index (χ0) is 20.9. The Morgan fingerprint density at radius 2 is 1.79 bits per heavy atom. The number of hydrogen-bond acceptors (Lipinski definition) is 5. The zero-order valence-electron chi connectivity index (χ0n) is 17.9. The molecule has 0 spiro atoms. The molecule has 0 aromatic heterocycles. The Hall–Kier alpha value is -2.64. The highest BCUT2D eigenvalue weighted by molar-refractivity contribution is 5.80. The Bertz CT molecular complexity index is 742. The maximum atomic E-state index is 11.9. The molecule has 2 aliphatic heterocycles. The van der Waals surface area contributed by atoms with Gasteiger partial charge in [0, 0.05) is 45.2 Å². The van der Waals surface area contributed by atoms with Gasteiger partial charge in [-0.3, -0.25) is 4.99 Å². The largest absolute Gasteiger partial charge is 0.486 e. The topological polar surface area (TPSA) is 75.6 Å². The summed E-state index contributed by atoms with van der Waals surface area (Å²) in [6, 6.07) is 6.14. The van der Waals surface area contributed by atoms with Gasteiger partial charge in [-0.05, 0) is 24.6 Å². The Morgan fingerprint density at radius 3 is 2.45 bits per heavy atom. The van der Waals surface area contributed by atoms with Crippen LogP contribution in [0.5, 0.6) is 11.5 Å². The van der Waals surface area contributed by atoms with Crippen LogP contribution in [-0.4, -0.2) is 81.4 Å². The van der Waals surface area contributed by atoms with E-state index in [0.29, 0.717) is 32.9 Å². The van der Waals surface area contributed by atoms with Crippen molar-refractivity contribution >= 4 is 12.1 Å². The smallest absolute Gasteiger partial charge is 0.409 e. The van der Waals surface area contributed by atoms with Gasteiger partial charge >= 0.3 is 6.09 Å². The summed E-state index contributed by atoms with van der Waals surface area (Å²) >= 11 is 0.